The molecular weight excluding hydrogens is 624 g/mol. The predicted molar refractivity (Wildman–Crippen MR) is 144 cm³/mol. The molecule has 2 aromatic rings. The van der Waals surface area contributed by atoms with E-state index >= 15 is 0 Å². The number of hydrogen-bond acceptors (Lipinski definition) is 6. The van der Waals surface area contributed by atoms with Gasteiger partial charge in [0.25, 0.3) is 0 Å². The minimum atomic E-state index is -2.93. The highest BCUT2D eigenvalue weighted by Crippen LogP contribution is 2.29. The van der Waals surface area contributed by atoms with E-state index in [1.807, 2.05) is 0 Å². The largest absolute Gasteiger partial charge is 0.434 e. The molecule has 0 bridgehead atoms. The Morgan fingerprint density at radius 3 is 1.89 bits per heavy atom. The van der Waals surface area contributed by atoms with Crippen LogP contribution in [0.25, 0.3) is 12.2 Å². The van der Waals surface area contributed by atoms with Gasteiger partial charge < -0.3 is 14.8 Å². The number of rotatable bonds is 9. The molecule has 37 heavy (non-hydrogen) atoms. The zero-order chi connectivity index (χ0) is 27.0. The van der Waals surface area contributed by atoms with Gasteiger partial charge >= 0.3 is 13.2 Å². The molecule has 0 spiro atoms. The fourth-order valence-electron chi connectivity index (χ4n) is 3.04. The van der Waals surface area contributed by atoms with Crippen molar-refractivity contribution in [2.45, 2.75) is 27.1 Å². The normalized spacial score (nSPS) is 15.1. The van der Waals surface area contributed by atoms with Gasteiger partial charge in [0.2, 0.25) is 5.96 Å². The summed E-state index contributed by atoms with van der Waals surface area (Å²) in [7, 11) is 0. The molecule has 1 aliphatic rings. The molecule has 12 heteroatoms. The van der Waals surface area contributed by atoms with Crippen LogP contribution in [-0.2, 0) is 0 Å². The second kappa shape index (κ2) is 13.1. The van der Waals surface area contributed by atoms with Crippen LogP contribution in [0.3, 0.4) is 0 Å². The van der Waals surface area contributed by atoms with Crippen molar-refractivity contribution in [1.82, 2.24) is 10.7 Å². The Bertz CT molecular complexity index is 1150. The number of aliphatic imine (C=N–C) groups is 1. The van der Waals surface area contributed by atoms with E-state index in [0.29, 0.717) is 38.3 Å². The van der Waals surface area contributed by atoms with E-state index in [1.54, 1.807) is 48.6 Å². The summed E-state index contributed by atoms with van der Waals surface area (Å²) in [6.07, 6.45) is 6.93. The van der Waals surface area contributed by atoms with Crippen molar-refractivity contribution < 1.29 is 27.0 Å². The standard InChI is InChI=1S/C25H24Br2F4N4O2/c1-25(2)13-32-24(33-14-25)35-34-17(7-3-15-5-9-20(18(26)11-15)36-22(28)29)8-4-16-6-10-21(19(27)12-16)37-23(30)31/h3-12,22-23H,13-14H2,1-2H3,(H2,32,33,35). The van der Waals surface area contributed by atoms with Crippen LogP contribution in [0.15, 0.2) is 67.6 Å². The third-order valence-corrected chi connectivity index (χ3v) is 6.17. The van der Waals surface area contributed by atoms with E-state index in [0.717, 1.165) is 6.54 Å². The van der Waals surface area contributed by atoms with Crippen molar-refractivity contribution in [1.29, 1.82) is 0 Å². The zero-order valence-corrected chi connectivity index (χ0v) is 23.0. The Morgan fingerprint density at radius 1 is 0.973 bits per heavy atom. The Morgan fingerprint density at radius 2 is 1.49 bits per heavy atom. The average molecular weight is 648 g/mol. The van der Waals surface area contributed by atoms with Crippen molar-refractivity contribution >= 4 is 55.7 Å². The van der Waals surface area contributed by atoms with Crippen LogP contribution < -0.4 is 20.2 Å². The molecule has 6 nitrogen and oxygen atoms in total. The molecule has 0 saturated carbocycles. The monoisotopic (exact) mass is 646 g/mol. The highest BCUT2D eigenvalue weighted by molar-refractivity contribution is 9.10. The summed E-state index contributed by atoms with van der Waals surface area (Å²) in [6, 6.07) is 9.39. The molecule has 0 amide bonds. The molecular formula is C25H24Br2F4N4O2. The lowest BCUT2D eigenvalue weighted by atomic mass is 9.93. The number of alkyl halides is 4. The number of nitrogens with one attached hydrogen (secondary N) is 2. The minimum absolute atomic E-state index is 0.0248. The zero-order valence-electron chi connectivity index (χ0n) is 19.8. The SMILES string of the molecule is CC1(C)CN=C(NN=C(C=Cc2ccc(OC(F)F)c(Br)c2)C=Cc2ccc(OC(F)F)c(Br)c2)NC1. The van der Waals surface area contributed by atoms with Crippen LogP contribution in [0, 0.1) is 5.41 Å². The molecule has 0 radical (unpaired) electrons. The molecule has 0 atom stereocenters. The van der Waals surface area contributed by atoms with Crippen LogP contribution >= 0.6 is 31.9 Å². The molecule has 0 saturated heterocycles. The summed E-state index contributed by atoms with van der Waals surface area (Å²) < 4.78 is 59.7. The fourth-order valence-corrected chi connectivity index (χ4v) is 4.02. The summed E-state index contributed by atoms with van der Waals surface area (Å²) in [5, 5.41) is 7.60. The third kappa shape index (κ3) is 9.51. The second-order valence-corrected chi connectivity index (χ2v) is 10.3. The maximum absolute atomic E-state index is 12.5. The number of halogens is 6. The van der Waals surface area contributed by atoms with Crippen molar-refractivity contribution in [3.8, 4) is 11.5 Å². The first-order valence-electron chi connectivity index (χ1n) is 11.0. The van der Waals surface area contributed by atoms with Crippen LogP contribution in [0.1, 0.15) is 25.0 Å². The summed E-state index contributed by atoms with van der Waals surface area (Å²) in [5.41, 5.74) is 4.88. The van der Waals surface area contributed by atoms with Gasteiger partial charge in [-0.25, -0.2) is 5.43 Å². The van der Waals surface area contributed by atoms with Gasteiger partial charge in [-0.1, -0.05) is 38.1 Å². The number of hydrogen-bond donors (Lipinski definition) is 2. The van der Waals surface area contributed by atoms with Gasteiger partial charge in [0.05, 0.1) is 14.7 Å². The van der Waals surface area contributed by atoms with Gasteiger partial charge in [-0.3, -0.25) is 4.99 Å². The lowest BCUT2D eigenvalue weighted by Crippen LogP contribution is -2.46. The summed E-state index contributed by atoms with van der Waals surface area (Å²) in [4.78, 5) is 4.46. The molecule has 0 unspecified atom stereocenters. The predicted octanol–water partition coefficient (Wildman–Crippen LogP) is 7.07. The molecule has 198 valence electrons. The third-order valence-electron chi connectivity index (χ3n) is 4.93. The highest BCUT2D eigenvalue weighted by atomic mass is 79.9. The van der Waals surface area contributed by atoms with Crippen LogP contribution in [0.5, 0.6) is 11.5 Å². The molecule has 0 aliphatic carbocycles. The van der Waals surface area contributed by atoms with E-state index in [-0.39, 0.29) is 16.9 Å². The quantitative estimate of drug-likeness (QED) is 0.174. The summed E-state index contributed by atoms with van der Waals surface area (Å²) in [5.74, 6) is 0.583. The first-order chi connectivity index (χ1) is 17.5. The molecule has 3 rings (SSSR count). The Hall–Kier alpha value is -2.86. The fraction of sp³-hybridized carbons (Fsp3) is 0.280. The van der Waals surface area contributed by atoms with Crippen molar-refractivity contribution in [3.05, 3.63) is 68.6 Å². The van der Waals surface area contributed by atoms with Crippen molar-refractivity contribution in [2.24, 2.45) is 15.5 Å². The van der Waals surface area contributed by atoms with E-state index in [9.17, 15) is 17.6 Å². The number of benzene rings is 2. The molecule has 0 aromatic heterocycles. The van der Waals surface area contributed by atoms with Crippen molar-refractivity contribution in [2.75, 3.05) is 13.1 Å². The molecule has 2 aromatic carbocycles. The first-order valence-corrected chi connectivity index (χ1v) is 12.6. The number of guanidine groups is 1. The van der Waals surface area contributed by atoms with Gasteiger partial charge in [0.1, 0.15) is 11.5 Å². The molecule has 1 heterocycles. The Balaban J connectivity index is 1.82. The lowest BCUT2D eigenvalue weighted by Gasteiger charge is -2.28. The van der Waals surface area contributed by atoms with E-state index < -0.39 is 13.2 Å². The van der Waals surface area contributed by atoms with Gasteiger partial charge in [-0.05, 0) is 79.4 Å². The highest BCUT2D eigenvalue weighted by Gasteiger charge is 2.22. The average Bonchev–Trinajstić information content (AvgIpc) is 2.82. The smallest absolute Gasteiger partial charge is 0.387 e. The van der Waals surface area contributed by atoms with Gasteiger partial charge in [0.15, 0.2) is 0 Å². The van der Waals surface area contributed by atoms with E-state index in [1.165, 1.54) is 12.1 Å². The molecule has 1 aliphatic heterocycles. The topological polar surface area (TPSA) is 67.2 Å². The minimum Gasteiger partial charge on any atom is -0.434 e. The van der Waals surface area contributed by atoms with E-state index in [4.69, 9.17) is 0 Å². The van der Waals surface area contributed by atoms with Crippen molar-refractivity contribution in [3.63, 3.8) is 0 Å². The van der Waals surface area contributed by atoms with Crippen LogP contribution in [-0.4, -0.2) is 38.0 Å². The number of hydrazone groups is 1. The van der Waals surface area contributed by atoms with E-state index in [2.05, 4.69) is 76.0 Å². The summed E-state index contributed by atoms with van der Waals surface area (Å²) in [6.45, 7) is -0.271. The number of allylic oxidation sites excluding steroid dienone is 2. The summed E-state index contributed by atoms with van der Waals surface area (Å²) >= 11 is 6.46. The van der Waals surface area contributed by atoms with Crippen LogP contribution in [0.4, 0.5) is 17.6 Å². The maximum atomic E-state index is 12.5. The van der Waals surface area contributed by atoms with Gasteiger partial charge in [0, 0.05) is 18.5 Å². The second-order valence-electron chi connectivity index (χ2n) is 8.63. The Labute approximate surface area is 228 Å². The van der Waals surface area contributed by atoms with Gasteiger partial charge in [-0.15, -0.1) is 0 Å². The lowest BCUT2D eigenvalue weighted by molar-refractivity contribution is -0.0510. The number of nitrogens with zero attached hydrogens (tertiary/aromatic N) is 2. The molecule has 2 N–H and O–H groups in total. The van der Waals surface area contributed by atoms with Crippen LogP contribution in [0.2, 0.25) is 0 Å². The first kappa shape index (κ1) is 28.7. The van der Waals surface area contributed by atoms with Gasteiger partial charge in [-0.2, -0.15) is 22.7 Å². The Kier molecular flexibility index (Phi) is 10.2. The maximum Gasteiger partial charge on any atom is 0.387 e. The number of ether oxygens (including phenoxy) is 2. The molecule has 0 fully saturated rings.